The maximum absolute atomic E-state index is 13.2. The Bertz CT molecular complexity index is 1150. The van der Waals surface area contributed by atoms with Crippen molar-refractivity contribution in [1.82, 2.24) is 9.47 Å². The first-order valence-corrected chi connectivity index (χ1v) is 11.0. The predicted molar refractivity (Wildman–Crippen MR) is 117 cm³/mol. The summed E-state index contributed by atoms with van der Waals surface area (Å²) in [5.74, 6) is 0.517. The lowest BCUT2D eigenvalue weighted by Gasteiger charge is -2.40. The van der Waals surface area contributed by atoms with Gasteiger partial charge in [-0.3, -0.25) is 14.5 Å². The average Bonchev–Trinajstić information content (AvgIpc) is 3.11. The van der Waals surface area contributed by atoms with E-state index in [1.54, 1.807) is 0 Å². The molecule has 6 heteroatoms. The largest absolute Gasteiger partial charge is 0.466 e. The van der Waals surface area contributed by atoms with E-state index >= 15 is 0 Å². The molecule has 2 aromatic carbocycles. The quantitative estimate of drug-likeness (QED) is 0.438. The van der Waals surface area contributed by atoms with Crippen LogP contribution in [0.4, 0.5) is 0 Å². The van der Waals surface area contributed by atoms with Crippen LogP contribution in [-0.4, -0.2) is 34.5 Å². The number of aromatic nitrogens is 1. The molecule has 0 spiro atoms. The van der Waals surface area contributed by atoms with Gasteiger partial charge in [0.2, 0.25) is 6.23 Å². The molecule has 6 nitrogen and oxygen atoms in total. The van der Waals surface area contributed by atoms with Crippen molar-refractivity contribution in [3.05, 3.63) is 65.4 Å². The third kappa shape index (κ3) is 3.36. The minimum absolute atomic E-state index is 0.0246. The van der Waals surface area contributed by atoms with Gasteiger partial charge >= 0.3 is 5.97 Å². The van der Waals surface area contributed by atoms with Crippen LogP contribution >= 0.6 is 0 Å². The summed E-state index contributed by atoms with van der Waals surface area (Å²) in [5.41, 5.74) is 4.10. The third-order valence-electron chi connectivity index (χ3n) is 6.17. The highest BCUT2D eigenvalue weighted by Gasteiger charge is 2.41. The van der Waals surface area contributed by atoms with Gasteiger partial charge in [0.15, 0.2) is 0 Å². The minimum atomic E-state index is -0.427. The van der Waals surface area contributed by atoms with Crippen LogP contribution in [0.25, 0.3) is 10.9 Å². The van der Waals surface area contributed by atoms with Crippen molar-refractivity contribution in [3.8, 4) is 5.75 Å². The Morgan fingerprint density at radius 2 is 1.94 bits per heavy atom. The number of amides is 1. The second kappa shape index (κ2) is 8.10. The molecule has 5 rings (SSSR count). The number of esters is 1. The molecule has 1 unspecified atom stereocenters. The number of fused-ring (bicyclic) bond motifs is 6. The number of rotatable bonds is 6. The van der Waals surface area contributed by atoms with Crippen molar-refractivity contribution in [1.29, 1.82) is 0 Å². The molecule has 0 saturated heterocycles. The van der Waals surface area contributed by atoms with Gasteiger partial charge in [-0.2, -0.15) is 0 Å². The second-order valence-electron chi connectivity index (χ2n) is 8.01. The molecule has 1 aromatic heterocycles. The molecule has 2 aliphatic rings. The molecular formula is C25H26N2O4. The number of nitrogens with zero attached hydrogens (tertiary/aromatic N) is 2. The van der Waals surface area contributed by atoms with E-state index in [0.29, 0.717) is 30.9 Å². The molecule has 3 aromatic rings. The number of unbranched alkanes of at least 4 members (excludes halogenated alkanes) is 1. The number of ether oxygens (including phenoxy) is 2. The fourth-order valence-electron chi connectivity index (χ4n) is 4.80. The normalized spacial score (nSPS) is 17.0. The van der Waals surface area contributed by atoms with Gasteiger partial charge in [0.05, 0.1) is 17.9 Å². The zero-order valence-electron chi connectivity index (χ0n) is 17.7. The molecule has 160 valence electrons. The van der Waals surface area contributed by atoms with E-state index in [2.05, 4.69) is 22.8 Å². The van der Waals surface area contributed by atoms with Crippen LogP contribution in [-0.2, 0) is 22.5 Å². The zero-order chi connectivity index (χ0) is 21.4. The fraction of sp³-hybridized carbons (Fsp3) is 0.360. The minimum Gasteiger partial charge on any atom is -0.466 e. The molecule has 31 heavy (non-hydrogen) atoms. The molecule has 1 atom stereocenters. The fourth-order valence-corrected chi connectivity index (χ4v) is 4.80. The summed E-state index contributed by atoms with van der Waals surface area (Å²) in [6.45, 7) is 3.64. The number of para-hydroxylation sites is 2. The number of carbonyl (C=O) groups excluding carboxylic acids is 2. The van der Waals surface area contributed by atoms with Gasteiger partial charge in [-0.1, -0.05) is 30.3 Å². The lowest BCUT2D eigenvalue weighted by molar-refractivity contribution is -0.143. The van der Waals surface area contributed by atoms with Crippen LogP contribution < -0.4 is 4.74 Å². The van der Waals surface area contributed by atoms with Crippen molar-refractivity contribution in [2.45, 2.75) is 45.4 Å². The topological polar surface area (TPSA) is 60.8 Å². The molecule has 0 radical (unpaired) electrons. The van der Waals surface area contributed by atoms with E-state index < -0.39 is 6.23 Å². The van der Waals surface area contributed by atoms with E-state index in [1.165, 1.54) is 10.9 Å². The summed E-state index contributed by atoms with van der Waals surface area (Å²) in [6, 6.07) is 15.8. The maximum atomic E-state index is 13.2. The first-order chi connectivity index (χ1) is 15.2. The summed E-state index contributed by atoms with van der Waals surface area (Å²) in [4.78, 5) is 26.7. The summed E-state index contributed by atoms with van der Waals surface area (Å²) < 4.78 is 13.7. The predicted octanol–water partition coefficient (Wildman–Crippen LogP) is 4.46. The van der Waals surface area contributed by atoms with Crippen LogP contribution in [0.15, 0.2) is 48.5 Å². The Morgan fingerprint density at radius 3 is 2.81 bits per heavy atom. The number of benzene rings is 2. The molecule has 0 aliphatic carbocycles. The molecule has 1 amide bonds. The van der Waals surface area contributed by atoms with Crippen LogP contribution in [0.1, 0.15) is 54.0 Å². The van der Waals surface area contributed by atoms with Crippen molar-refractivity contribution in [2.24, 2.45) is 0 Å². The van der Waals surface area contributed by atoms with Crippen molar-refractivity contribution >= 4 is 22.8 Å². The Labute approximate surface area is 181 Å². The van der Waals surface area contributed by atoms with E-state index in [-0.39, 0.29) is 11.9 Å². The standard InChI is InChI=1S/C25H26N2O4/c1-2-30-22(28)13-7-8-15-26-20-11-5-3-9-17(20)18-14-16-27-24(29)19-10-4-6-12-21(19)31-25(27)23(18)26/h3-6,9-12,25H,2,7-8,13-16H2,1H3. The van der Waals surface area contributed by atoms with Crippen LogP contribution in [0, 0.1) is 0 Å². The smallest absolute Gasteiger partial charge is 0.305 e. The first kappa shape index (κ1) is 19.7. The number of hydrogen-bond donors (Lipinski definition) is 0. The lowest BCUT2D eigenvalue weighted by Crippen LogP contribution is -2.46. The van der Waals surface area contributed by atoms with E-state index in [4.69, 9.17) is 9.47 Å². The van der Waals surface area contributed by atoms with Crippen LogP contribution in [0.2, 0.25) is 0 Å². The van der Waals surface area contributed by atoms with Crippen molar-refractivity contribution in [2.75, 3.05) is 13.2 Å². The summed E-state index contributed by atoms with van der Waals surface area (Å²) in [7, 11) is 0. The zero-order valence-corrected chi connectivity index (χ0v) is 17.7. The molecule has 3 heterocycles. The summed E-state index contributed by atoms with van der Waals surface area (Å²) in [5, 5.41) is 1.22. The lowest BCUT2D eigenvalue weighted by atomic mass is 9.99. The van der Waals surface area contributed by atoms with Crippen LogP contribution in [0.5, 0.6) is 5.75 Å². The van der Waals surface area contributed by atoms with Gasteiger partial charge in [0, 0.05) is 30.4 Å². The van der Waals surface area contributed by atoms with Gasteiger partial charge in [0.1, 0.15) is 5.75 Å². The second-order valence-corrected chi connectivity index (χ2v) is 8.01. The number of hydrogen-bond acceptors (Lipinski definition) is 4. The van der Waals surface area contributed by atoms with E-state index in [1.807, 2.05) is 42.2 Å². The van der Waals surface area contributed by atoms with E-state index in [0.717, 1.165) is 37.0 Å². The highest BCUT2D eigenvalue weighted by Crippen LogP contribution is 2.42. The Hall–Kier alpha value is -3.28. The van der Waals surface area contributed by atoms with E-state index in [9.17, 15) is 9.59 Å². The van der Waals surface area contributed by atoms with Gasteiger partial charge in [0.25, 0.3) is 5.91 Å². The van der Waals surface area contributed by atoms with Gasteiger partial charge in [-0.25, -0.2) is 0 Å². The number of aryl methyl sites for hydroxylation is 1. The third-order valence-corrected chi connectivity index (χ3v) is 6.17. The first-order valence-electron chi connectivity index (χ1n) is 11.0. The van der Waals surface area contributed by atoms with Crippen molar-refractivity contribution in [3.63, 3.8) is 0 Å². The SMILES string of the molecule is CCOC(=O)CCCCn1c2c(c3ccccc31)CCN1C(=O)c3ccccc3OC21. The average molecular weight is 418 g/mol. The Kier molecular flexibility index (Phi) is 5.14. The Morgan fingerprint density at radius 1 is 1.13 bits per heavy atom. The number of carbonyl (C=O) groups is 2. The van der Waals surface area contributed by atoms with Gasteiger partial charge in [-0.05, 0) is 49.9 Å². The van der Waals surface area contributed by atoms with Gasteiger partial charge < -0.3 is 14.0 Å². The molecule has 0 saturated carbocycles. The highest BCUT2D eigenvalue weighted by molar-refractivity contribution is 5.98. The molecule has 0 bridgehead atoms. The van der Waals surface area contributed by atoms with Gasteiger partial charge in [-0.15, -0.1) is 0 Å². The molecule has 0 fully saturated rings. The summed E-state index contributed by atoms with van der Waals surface area (Å²) in [6.07, 6.45) is 2.41. The van der Waals surface area contributed by atoms with Crippen LogP contribution in [0.3, 0.4) is 0 Å². The highest BCUT2D eigenvalue weighted by atomic mass is 16.5. The monoisotopic (exact) mass is 418 g/mol. The van der Waals surface area contributed by atoms with Crippen molar-refractivity contribution < 1.29 is 19.1 Å². The molecular weight excluding hydrogens is 392 g/mol. The maximum Gasteiger partial charge on any atom is 0.305 e. The molecule has 2 aliphatic heterocycles. The Balaban J connectivity index is 1.49. The molecule has 0 N–H and O–H groups in total. The summed E-state index contributed by atoms with van der Waals surface area (Å²) >= 11 is 0.